The Hall–Kier alpha value is -1.62. The fraction of sp³-hybridized carbons (Fsp3) is 0.462. The van der Waals surface area contributed by atoms with Crippen LogP contribution < -0.4 is 0 Å². The van der Waals surface area contributed by atoms with Crippen molar-refractivity contribution in [2.75, 3.05) is 20.2 Å². The van der Waals surface area contributed by atoms with Crippen LogP contribution in [0.2, 0.25) is 5.15 Å². The first-order chi connectivity index (χ1) is 9.13. The van der Waals surface area contributed by atoms with E-state index in [1.807, 2.05) is 0 Å². The van der Waals surface area contributed by atoms with Crippen molar-refractivity contribution in [3.63, 3.8) is 0 Å². The molecule has 0 spiro atoms. The molecule has 2 heterocycles. The molecule has 0 aliphatic carbocycles. The fourth-order valence-corrected chi connectivity index (χ4v) is 2.44. The number of hydrogen-bond donors (Lipinski definition) is 0. The zero-order chi connectivity index (χ0) is 13.8. The highest BCUT2D eigenvalue weighted by molar-refractivity contribution is 6.32. The van der Waals surface area contributed by atoms with Gasteiger partial charge in [0.2, 0.25) is 0 Å². The molecule has 2 rings (SSSR count). The number of nitrogens with zero attached hydrogens (tertiary/aromatic N) is 2. The highest BCUT2D eigenvalue weighted by Crippen LogP contribution is 2.21. The van der Waals surface area contributed by atoms with Crippen LogP contribution in [0.15, 0.2) is 18.3 Å². The van der Waals surface area contributed by atoms with Crippen LogP contribution in [-0.2, 0) is 9.53 Å². The number of ether oxygens (including phenoxy) is 1. The van der Waals surface area contributed by atoms with Gasteiger partial charge < -0.3 is 9.64 Å². The van der Waals surface area contributed by atoms with Gasteiger partial charge in [0.1, 0.15) is 5.15 Å². The molecule has 6 heteroatoms. The van der Waals surface area contributed by atoms with Gasteiger partial charge in [-0.15, -0.1) is 0 Å². The minimum atomic E-state index is -0.269. The molecule has 0 N–H and O–H groups in total. The summed E-state index contributed by atoms with van der Waals surface area (Å²) in [4.78, 5) is 29.4. The maximum Gasteiger partial charge on any atom is 0.310 e. The minimum absolute atomic E-state index is 0.188. The van der Waals surface area contributed by atoms with E-state index < -0.39 is 0 Å². The molecule has 1 aliphatic rings. The number of likely N-dealkylation sites (tertiary alicyclic amines) is 1. The number of hydrogen-bond acceptors (Lipinski definition) is 4. The van der Waals surface area contributed by atoms with E-state index in [0.29, 0.717) is 18.7 Å². The number of rotatable bonds is 2. The molecule has 0 radical (unpaired) electrons. The fourth-order valence-electron chi connectivity index (χ4n) is 2.24. The predicted octanol–water partition coefficient (Wildman–Crippen LogP) is 1.76. The Morgan fingerprint density at radius 1 is 1.53 bits per heavy atom. The molecule has 0 bridgehead atoms. The number of halogens is 1. The van der Waals surface area contributed by atoms with Crippen LogP contribution in [0.5, 0.6) is 0 Å². The van der Waals surface area contributed by atoms with Gasteiger partial charge in [-0.3, -0.25) is 9.59 Å². The highest BCUT2D eigenvalue weighted by Gasteiger charge is 2.30. The highest BCUT2D eigenvalue weighted by atomic mass is 35.5. The van der Waals surface area contributed by atoms with Gasteiger partial charge in [0, 0.05) is 19.3 Å². The van der Waals surface area contributed by atoms with Crippen LogP contribution >= 0.6 is 11.6 Å². The summed E-state index contributed by atoms with van der Waals surface area (Å²) in [5, 5.41) is 0.188. The van der Waals surface area contributed by atoms with Crippen LogP contribution in [0.4, 0.5) is 0 Å². The van der Waals surface area contributed by atoms with Crippen molar-refractivity contribution in [2.45, 2.75) is 12.8 Å². The number of amides is 1. The molecule has 1 atom stereocenters. The molecule has 102 valence electrons. The van der Waals surface area contributed by atoms with Crippen LogP contribution in [-0.4, -0.2) is 42.0 Å². The minimum Gasteiger partial charge on any atom is -0.469 e. The number of pyridine rings is 1. The zero-order valence-electron chi connectivity index (χ0n) is 10.6. The van der Waals surface area contributed by atoms with Gasteiger partial charge in [-0.05, 0) is 25.0 Å². The molecule has 1 aromatic rings. The van der Waals surface area contributed by atoms with Crippen LogP contribution in [0, 0.1) is 5.92 Å². The summed E-state index contributed by atoms with van der Waals surface area (Å²) >= 11 is 5.91. The maximum absolute atomic E-state index is 12.3. The molecular weight excluding hydrogens is 268 g/mol. The Morgan fingerprint density at radius 2 is 2.32 bits per heavy atom. The molecule has 1 aromatic heterocycles. The monoisotopic (exact) mass is 282 g/mol. The maximum atomic E-state index is 12.3. The summed E-state index contributed by atoms with van der Waals surface area (Å²) < 4.78 is 4.73. The molecule has 1 amide bonds. The summed E-state index contributed by atoms with van der Waals surface area (Å²) in [7, 11) is 1.36. The van der Waals surface area contributed by atoms with E-state index in [1.165, 1.54) is 13.3 Å². The Kier molecular flexibility index (Phi) is 4.37. The van der Waals surface area contributed by atoms with Gasteiger partial charge in [-0.1, -0.05) is 11.6 Å². The second-order valence-corrected chi connectivity index (χ2v) is 4.81. The second-order valence-electron chi connectivity index (χ2n) is 4.46. The average molecular weight is 283 g/mol. The smallest absolute Gasteiger partial charge is 0.310 e. The summed E-state index contributed by atoms with van der Waals surface area (Å²) in [5.41, 5.74) is 0.370. The lowest BCUT2D eigenvalue weighted by atomic mass is 9.97. The third kappa shape index (κ3) is 3.04. The molecule has 1 unspecified atom stereocenters. The molecule has 0 aromatic carbocycles. The van der Waals surface area contributed by atoms with E-state index in [1.54, 1.807) is 17.0 Å². The van der Waals surface area contributed by atoms with E-state index in [4.69, 9.17) is 16.3 Å². The van der Waals surface area contributed by atoms with Crippen molar-refractivity contribution in [1.82, 2.24) is 9.88 Å². The van der Waals surface area contributed by atoms with Crippen LogP contribution in [0.25, 0.3) is 0 Å². The molecule has 1 saturated heterocycles. The van der Waals surface area contributed by atoms with E-state index >= 15 is 0 Å². The van der Waals surface area contributed by atoms with E-state index in [2.05, 4.69) is 4.98 Å². The van der Waals surface area contributed by atoms with Crippen molar-refractivity contribution < 1.29 is 14.3 Å². The summed E-state index contributed by atoms with van der Waals surface area (Å²) in [6.07, 6.45) is 3.06. The number of esters is 1. The second kappa shape index (κ2) is 6.02. The lowest BCUT2D eigenvalue weighted by Crippen LogP contribution is -2.42. The van der Waals surface area contributed by atoms with E-state index in [9.17, 15) is 9.59 Å². The number of piperidine rings is 1. The SMILES string of the molecule is COC(=O)C1CCCN(C(=O)c2cccnc2Cl)C1. The molecule has 19 heavy (non-hydrogen) atoms. The van der Waals surface area contributed by atoms with E-state index in [0.717, 1.165) is 12.8 Å². The molecular formula is C13H15ClN2O3. The Morgan fingerprint density at radius 3 is 3.00 bits per heavy atom. The normalized spacial score (nSPS) is 19.1. The lowest BCUT2D eigenvalue weighted by Gasteiger charge is -2.31. The first-order valence-corrected chi connectivity index (χ1v) is 6.49. The van der Waals surface area contributed by atoms with Crippen LogP contribution in [0.3, 0.4) is 0 Å². The number of methoxy groups -OCH3 is 1. The Bertz CT molecular complexity index is 493. The average Bonchev–Trinajstić information content (AvgIpc) is 2.46. The van der Waals surface area contributed by atoms with Gasteiger partial charge in [-0.25, -0.2) is 4.98 Å². The molecule has 5 nitrogen and oxygen atoms in total. The molecule has 1 aliphatic heterocycles. The van der Waals surface area contributed by atoms with Gasteiger partial charge >= 0.3 is 5.97 Å². The van der Waals surface area contributed by atoms with Gasteiger partial charge in [0.15, 0.2) is 0 Å². The van der Waals surface area contributed by atoms with Crippen molar-refractivity contribution in [3.05, 3.63) is 29.0 Å². The van der Waals surface area contributed by atoms with Crippen LogP contribution in [0.1, 0.15) is 23.2 Å². The first-order valence-electron chi connectivity index (χ1n) is 6.11. The summed E-state index contributed by atoms with van der Waals surface area (Å²) in [5.74, 6) is -0.709. The lowest BCUT2D eigenvalue weighted by molar-refractivity contribution is -0.146. The van der Waals surface area contributed by atoms with Gasteiger partial charge in [0.05, 0.1) is 18.6 Å². The molecule has 1 fully saturated rings. The number of carbonyl (C=O) groups is 2. The third-order valence-electron chi connectivity index (χ3n) is 3.23. The standard InChI is InChI=1S/C13H15ClN2O3/c1-19-13(18)9-4-3-7-16(8-9)12(17)10-5-2-6-15-11(10)14/h2,5-6,9H,3-4,7-8H2,1H3. The Labute approximate surface area is 116 Å². The van der Waals surface area contributed by atoms with Crippen molar-refractivity contribution in [1.29, 1.82) is 0 Å². The van der Waals surface area contributed by atoms with Crippen molar-refractivity contribution >= 4 is 23.5 Å². The van der Waals surface area contributed by atoms with Gasteiger partial charge in [-0.2, -0.15) is 0 Å². The summed E-state index contributed by atoms with van der Waals surface area (Å²) in [6.45, 7) is 0.994. The molecule has 0 saturated carbocycles. The van der Waals surface area contributed by atoms with E-state index in [-0.39, 0.29) is 22.9 Å². The van der Waals surface area contributed by atoms with Gasteiger partial charge in [0.25, 0.3) is 5.91 Å². The Balaban J connectivity index is 2.11. The zero-order valence-corrected chi connectivity index (χ0v) is 11.4. The number of carbonyl (C=O) groups excluding carboxylic acids is 2. The third-order valence-corrected chi connectivity index (χ3v) is 3.53. The summed E-state index contributed by atoms with van der Waals surface area (Å²) in [6, 6.07) is 3.31. The topological polar surface area (TPSA) is 59.5 Å². The van der Waals surface area contributed by atoms with Crippen molar-refractivity contribution in [3.8, 4) is 0 Å². The predicted molar refractivity (Wildman–Crippen MR) is 69.9 cm³/mol. The first kappa shape index (κ1) is 13.8. The largest absolute Gasteiger partial charge is 0.469 e. The van der Waals surface area contributed by atoms with Crippen molar-refractivity contribution in [2.24, 2.45) is 5.92 Å². The number of aromatic nitrogens is 1. The quantitative estimate of drug-likeness (QED) is 0.613.